The Morgan fingerprint density at radius 2 is 2.31 bits per heavy atom. The minimum atomic E-state index is 0.342. The van der Waals surface area contributed by atoms with Gasteiger partial charge in [0.25, 0.3) is 0 Å². The summed E-state index contributed by atoms with van der Waals surface area (Å²) in [5.41, 5.74) is 1.67. The number of hydrogen-bond donors (Lipinski definition) is 1. The molecule has 0 amide bonds. The van der Waals surface area contributed by atoms with Gasteiger partial charge in [0.15, 0.2) is 0 Å². The third kappa shape index (κ3) is 1.54. The Hall–Kier alpha value is -1.03. The molecule has 1 aromatic heterocycles. The Kier molecular flexibility index (Phi) is 2.22. The first-order chi connectivity index (χ1) is 6.31. The van der Waals surface area contributed by atoms with Crippen LogP contribution < -0.4 is 5.90 Å². The molecule has 2 rings (SSSR count). The highest BCUT2D eigenvalue weighted by Gasteiger charge is 2.05. The lowest BCUT2D eigenvalue weighted by Crippen LogP contribution is -1.97. The van der Waals surface area contributed by atoms with Gasteiger partial charge >= 0.3 is 0 Å². The first-order valence-corrected chi connectivity index (χ1v) is 4.16. The van der Waals surface area contributed by atoms with Gasteiger partial charge < -0.3 is 4.42 Å². The predicted molar refractivity (Wildman–Crippen MR) is 50.2 cm³/mol. The molecule has 0 saturated heterocycles. The Morgan fingerprint density at radius 3 is 3.08 bits per heavy atom. The Balaban J connectivity index is 2.55. The molecule has 68 valence electrons. The van der Waals surface area contributed by atoms with Crippen molar-refractivity contribution >= 4 is 22.6 Å². The van der Waals surface area contributed by atoms with Crippen molar-refractivity contribution in [3.05, 3.63) is 35.0 Å². The van der Waals surface area contributed by atoms with Crippen molar-refractivity contribution in [2.24, 2.45) is 5.90 Å². The van der Waals surface area contributed by atoms with Gasteiger partial charge in [-0.1, -0.05) is 11.6 Å². The van der Waals surface area contributed by atoms with Crippen LogP contribution in [0.3, 0.4) is 0 Å². The van der Waals surface area contributed by atoms with Crippen molar-refractivity contribution in [3.8, 4) is 0 Å². The molecule has 0 atom stereocenters. The molecule has 0 bridgehead atoms. The third-order valence-corrected chi connectivity index (χ3v) is 2.09. The monoisotopic (exact) mass is 197 g/mol. The van der Waals surface area contributed by atoms with E-state index in [0.29, 0.717) is 11.6 Å². The van der Waals surface area contributed by atoms with Crippen molar-refractivity contribution < 1.29 is 9.25 Å². The van der Waals surface area contributed by atoms with Crippen molar-refractivity contribution in [1.82, 2.24) is 0 Å². The molecule has 4 heteroatoms. The summed E-state index contributed by atoms with van der Waals surface area (Å²) in [6.45, 7) is 0.342. The van der Waals surface area contributed by atoms with Crippen LogP contribution in [0.5, 0.6) is 0 Å². The fourth-order valence-electron chi connectivity index (χ4n) is 1.26. The molecule has 0 fully saturated rings. The van der Waals surface area contributed by atoms with E-state index in [-0.39, 0.29) is 0 Å². The van der Waals surface area contributed by atoms with E-state index in [1.165, 1.54) is 0 Å². The molecule has 0 aliphatic rings. The highest BCUT2D eigenvalue weighted by Crippen LogP contribution is 2.24. The molecule has 1 heterocycles. The van der Waals surface area contributed by atoms with E-state index in [0.717, 1.165) is 16.5 Å². The molecular weight excluding hydrogens is 190 g/mol. The highest BCUT2D eigenvalue weighted by molar-refractivity contribution is 6.31. The second kappa shape index (κ2) is 3.38. The van der Waals surface area contributed by atoms with Crippen LogP contribution in [0.15, 0.2) is 28.9 Å². The third-order valence-electron chi connectivity index (χ3n) is 1.86. The van der Waals surface area contributed by atoms with Crippen LogP contribution >= 0.6 is 11.6 Å². The Labute approximate surface area is 80.0 Å². The Bertz CT molecular complexity index is 424. The molecule has 0 saturated carbocycles. The minimum absolute atomic E-state index is 0.342. The zero-order valence-corrected chi connectivity index (χ0v) is 7.54. The zero-order valence-electron chi connectivity index (χ0n) is 6.79. The number of halogens is 1. The number of rotatable bonds is 2. The summed E-state index contributed by atoms with van der Waals surface area (Å²) in [4.78, 5) is 4.53. The standard InChI is InChI=1S/C9H8ClNO2/c10-7-1-2-8-6(5-13-11)4-12-9(8)3-7/h1-4H,5,11H2. The maximum atomic E-state index is 5.79. The van der Waals surface area contributed by atoms with Crippen molar-refractivity contribution in [3.63, 3.8) is 0 Å². The van der Waals surface area contributed by atoms with Crippen LogP contribution in [0.1, 0.15) is 5.56 Å². The van der Waals surface area contributed by atoms with Gasteiger partial charge in [-0.15, -0.1) is 0 Å². The minimum Gasteiger partial charge on any atom is -0.464 e. The first kappa shape index (κ1) is 8.56. The van der Waals surface area contributed by atoms with Crippen LogP contribution in [-0.4, -0.2) is 0 Å². The van der Waals surface area contributed by atoms with E-state index in [2.05, 4.69) is 4.84 Å². The van der Waals surface area contributed by atoms with Gasteiger partial charge in [0.2, 0.25) is 0 Å². The summed E-state index contributed by atoms with van der Waals surface area (Å²) >= 11 is 5.79. The maximum Gasteiger partial charge on any atom is 0.135 e. The van der Waals surface area contributed by atoms with Gasteiger partial charge in [0, 0.05) is 16.0 Å². The SMILES string of the molecule is NOCc1coc2cc(Cl)ccc12. The molecule has 0 unspecified atom stereocenters. The number of fused-ring (bicyclic) bond motifs is 1. The highest BCUT2D eigenvalue weighted by atomic mass is 35.5. The quantitative estimate of drug-likeness (QED) is 0.753. The number of furan rings is 1. The maximum absolute atomic E-state index is 5.79. The van der Waals surface area contributed by atoms with Gasteiger partial charge in [0.1, 0.15) is 5.58 Å². The summed E-state index contributed by atoms with van der Waals surface area (Å²) in [5.74, 6) is 4.97. The van der Waals surface area contributed by atoms with Crippen LogP contribution in [0.4, 0.5) is 0 Å². The van der Waals surface area contributed by atoms with Gasteiger partial charge in [-0.25, -0.2) is 5.90 Å². The van der Waals surface area contributed by atoms with Crippen LogP contribution in [0, 0.1) is 0 Å². The summed E-state index contributed by atoms with van der Waals surface area (Å²) in [6.07, 6.45) is 1.62. The molecule has 2 aromatic rings. The van der Waals surface area contributed by atoms with Gasteiger partial charge in [-0.3, -0.25) is 4.84 Å². The second-order valence-corrected chi connectivity index (χ2v) is 3.15. The van der Waals surface area contributed by atoms with Crippen LogP contribution in [0.25, 0.3) is 11.0 Å². The second-order valence-electron chi connectivity index (χ2n) is 2.71. The van der Waals surface area contributed by atoms with Crippen molar-refractivity contribution in [2.45, 2.75) is 6.61 Å². The summed E-state index contributed by atoms with van der Waals surface area (Å²) < 4.78 is 5.26. The molecule has 1 aromatic carbocycles. The molecule has 0 spiro atoms. The van der Waals surface area contributed by atoms with E-state index in [4.69, 9.17) is 21.9 Å². The molecule has 3 nitrogen and oxygen atoms in total. The van der Waals surface area contributed by atoms with Crippen LogP contribution in [-0.2, 0) is 11.4 Å². The molecule has 0 radical (unpaired) electrons. The van der Waals surface area contributed by atoms with E-state index in [1.807, 2.05) is 6.07 Å². The van der Waals surface area contributed by atoms with Gasteiger partial charge in [-0.2, -0.15) is 0 Å². The average Bonchev–Trinajstić information content (AvgIpc) is 2.49. The number of hydrogen-bond acceptors (Lipinski definition) is 3. The van der Waals surface area contributed by atoms with E-state index in [1.54, 1.807) is 18.4 Å². The lowest BCUT2D eigenvalue weighted by Gasteiger charge is -1.94. The smallest absolute Gasteiger partial charge is 0.135 e. The van der Waals surface area contributed by atoms with Crippen molar-refractivity contribution in [2.75, 3.05) is 0 Å². The average molecular weight is 198 g/mol. The molecule has 13 heavy (non-hydrogen) atoms. The lowest BCUT2D eigenvalue weighted by molar-refractivity contribution is 0.124. The van der Waals surface area contributed by atoms with E-state index in [9.17, 15) is 0 Å². The zero-order chi connectivity index (χ0) is 9.26. The summed E-state index contributed by atoms with van der Waals surface area (Å²) in [6, 6.07) is 5.45. The van der Waals surface area contributed by atoms with Gasteiger partial charge in [0.05, 0.1) is 12.9 Å². The Morgan fingerprint density at radius 1 is 1.46 bits per heavy atom. The topological polar surface area (TPSA) is 48.4 Å². The molecule has 0 aliphatic heterocycles. The first-order valence-electron chi connectivity index (χ1n) is 3.78. The fraction of sp³-hybridized carbons (Fsp3) is 0.111. The van der Waals surface area contributed by atoms with E-state index >= 15 is 0 Å². The summed E-state index contributed by atoms with van der Waals surface area (Å²) in [5, 5.41) is 1.64. The lowest BCUT2D eigenvalue weighted by atomic mass is 10.2. The number of benzene rings is 1. The van der Waals surface area contributed by atoms with E-state index < -0.39 is 0 Å². The largest absolute Gasteiger partial charge is 0.464 e. The van der Waals surface area contributed by atoms with Crippen molar-refractivity contribution in [1.29, 1.82) is 0 Å². The predicted octanol–water partition coefficient (Wildman–Crippen LogP) is 2.48. The molecule has 0 aliphatic carbocycles. The summed E-state index contributed by atoms with van der Waals surface area (Å²) in [7, 11) is 0. The normalized spacial score (nSPS) is 10.9. The fourth-order valence-corrected chi connectivity index (χ4v) is 1.42. The number of nitrogens with two attached hydrogens (primary N) is 1. The molecule has 2 N–H and O–H groups in total. The molecular formula is C9H8ClNO2. The van der Waals surface area contributed by atoms with Crippen LogP contribution in [0.2, 0.25) is 5.02 Å². The van der Waals surface area contributed by atoms with Gasteiger partial charge in [-0.05, 0) is 18.2 Å².